The van der Waals surface area contributed by atoms with Gasteiger partial charge in [-0.05, 0) is 41.1 Å². The van der Waals surface area contributed by atoms with Gasteiger partial charge in [-0.15, -0.1) is 0 Å². The van der Waals surface area contributed by atoms with Crippen molar-refractivity contribution in [3.05, 3.63) is 164 Å². The third-order valence-corrected chi connectivity index (χ3v) is 9.37. The van der Waals surface area contributed by atoms with Crippen LogP contribution in [-0.2, 0) is 0 Å². The zero-order valence-electron chi connectivity index (χ0n) is 25.8. The SMILES string of the molecule is c1ccc(-c2nc(-c3ccccc3)nc(-n3c4cc(-n5c6ccccc6c6ccccc65)ccc4c4c5ccccc5ccc43)n2)cc1. The molecule has 0 aliphatic carbocycles. The molecule has 0 aliphatic heterocycles. The monoisotopic (exact) mass is 613 g/mol. The van der Waals surface area contributed by atoms with E-state index in [9.17, 15) is 0 Å². The highest BCUT2D eigenvalue weighted by atomic mass is 15.2. The van der Waals surface area contributed by atoms with Crippen molar-refractivity contribution in [2.75, 3.05) is 0 Å². The van der Waals surface area contributed by atoms with Crippen LogP contribution in [0.4, 0.5) is 0 Å². The molecule has 0 saturated heterocycles. The van der Waals surface area contributed by atoms with Gasteiger partial charge in [0.25, 0.3) is 0 Å². The van der Waals surface area contributed by atoms with Crippen molar-refractivity contribution < 1.29 is 0 Å². The second-order valence-corrected chi connectivity index (χ2v) is 12.1. The van der Waals surface area contributed by atoms with Crippen LogP contribution < -0.4 is 0 Å². The summed E-state index contributed by atoms with van der Waals surface area (Å²) in [4.78, 5) is 15.3. The number of hydrogen-bond acceptors (Lipinski definition) is 3. The van der Waals surface area contributed by atoms with Crippen molar-refractivity contribution in [1.29, 1.82) is 0 Å². The van der Waals surface area contributed by atoms with E-state index < -0.39 is 0 Å². The fraction of sp³-hybridized carbons (Fsp3) is 0. The lowest BCUT2D eigenvalue weighted by atomic mass is 10.0. The number of para-hydroxylation sites is 2. The van der Waals surface area contributed by atoms with E-state index in [0.717, 1.165) is 33.2 Å². The minimum atomic E-state index is 0.581. The van der Waals surface area contributed by atoms with Gasteiger partial charge >= 0.3 is 0 Å². The summed E-state index contributed by atoms with van der Waals surface area (Å²) in [6, 6.07) is 57.3. The molecule has 10 rings (SSSR count). The van der Waals surface area contributed by atoms with E-state index >= 15 is 0 Å². The summed E-state index contributed by atoms with van der Waals surface area (Å²) in [6.07, 6.45) is 0. The van der Waals surface area contributed by atoms with Crippen molar-refractivity contribution in [2.45, 2.75) is 0 Å². The Morgan fingerprint density at radius 3 is 1.56 bits per heavy atom. The number of fused-ring (bicyclic) bond motifs is 8. The van der Waals surface area contributed by atoms with Crippen LogP contribution in [-0.4, -0.2) is 24.1 Å². The number of nitrogens with zero attached hydrogens (tertiary/aromatic N) is 5. The maximum Gasteiger partial charge on any atom is 0.238 e. The van der Waals surface area contributed by atoms with Gasteiger partial charge in [-0.1, -0.05) is 133 Å². The molecule has 0 spiro atoms. The highest BCUT2D eigenvalue weighted by molar-refractivity contribution is 6.21. The summed E-state index contributed by atoms with van der Waals surface area (Å²) in [6.45, 7) is 0. The molecule has 0 unspecified atom stereocenters. The highest BCUT2D eigenvalue weighted by Crippen LogP contribution is 2.39. The van der Waals surface area contributed by atoms with Gasteiger partial charge in [0, 0.05) is 38.4 Å². The van der Waals surface area contributed by atoms with E-state index in [4.69, 9.17) is 15.0 Å². The second-order valence-electron chi connectivity index (χ2n) is 12.1. The Hall–Kier alpha value is -6.59. The van der Waals surface area contributed by atoms with Gasteiger partial charge in [0.05, 0.1) is 22.1 Å². The summed E-state index contributed by atoms with van der Waals surface area (Å²) in [7, 11) is 0. The molecule has 48 heavy (non-hydrogen) atoms. The Labute approximate surface area is 276 Å². The quantitative estimate of drug-likeness (QED) is 0.198. The minimum absolute atomic E-state index is 0.581. The van der Waals surface area contributed by atoms with E-state index in [2.05, 4.69) is 112 Å². The van der Waals surface area contributed by atoms with Crippen LogP contribution in [0.2, 0.25) is 0 Å². The summed E-state index contributed by atoms with van der Waals surface area (Å²) < 4.78 is 4.58. The van der Waals surface area contributed by atoms with Crippen LogP contribution in [0.3, 0.4) is 0 Å². The number of benzene rings is 7. The summed E-state index contributed by atoms with van der Waals surface area (Å²) in [5.74, 6) is 1.85. The molecular weight excluding hydrogens is 587 g/mol. The molecule has 0 atom stereocenters. The molecule has 3 heterocycles. The first kappa shape index (κ1) is 26.6. The smallest absolute Gasteiger partial charge is 0.238 e. The Morgan fingerprint density at radius 2 is 0.917 bits per heavy atom. The van der Waals surface area contributed by atoms with Crippen LogP contribution in [0.1, 0.15) is 0 Å². The van der Waals surface area contributed by atoms with Crippen LogP contribution >= 0.6 is 0 Å². The lowest BCUT2D eigenvalue weighted by Gasteiger charge is -2.12. The van der Waals surface area contributed by atoms with E-state index in [1.807, 2.05) is 60.7 Å². The van der Waals surface area contributed by atoms with E-state index in [1.165, 1.54) is 38.0 Å². The molecule has 0 N–H and O–H groups in total. The lowest BCUT2D eigenvalue weighted by Crippen LogP contribution is -2.06. The zero-order chi connectivity index (χ0) is 31.6. The van der Waals surface area contributed by atoms with E-state index in [1.54, 1.807) is 0 Å². The second kappa shape index (κ2) is 10.5. The van der Waals surface area contributed by atoms with Gasteiger partial charge in [0.2, 0.25) is 5.95 Å². The first-order valence-electron chi connectivity index (χ1n) is 16.1. The standard InChI is InChI=1S/C43H27N5/c1-3-14-29(15-4-1)41-44-42(30-16-5-2-6-17-30)46-43(45-41)48-38-26-23-28-13-7-8-18-32(28)40(38)35-25-24-31(27-39(35)48)47-36-21-11-9-19-33(36)34-20-10-12-22-37(34)47/h1-27H. The molecule has 0 saturated carbocycles. The first-order valence-corrected chi connectivity index (χ1v) is 16.1. The number of aromatic nitrogens is 5. The Morgan fingerprint density at radius 1 is 0.354 bits per heavy atom. The van der Waals surface area contributed by atoms with Gasteiger partial charge in [-0.3, -0.25) is 4.57 Å². The van der Waals surface area contributed by atoms with Gasteiger partial charge in [0.1, 0.15) is 0 Å². The Bertz CT molecular complexity index is 2720. The molecule has 7 aromatic carbocycles. The predicted octanol–water partition coefficient (Wildman–Crippen LogP) is 10.6. The van der Waals surface area contributed by atoms with Crippen molar-refractivity contribution in [2.24, 2.45) is 0 Å². The zero-order valence-corrected chi connectivity index (χ0v) is 25.8. The van der Waals surface area contributed by atoms with Gasteiger partial charge in [-0.25, -0.2) is 4.98 Å². The minimum Gasteiger partial charge on any atom is -0.309 e. The Kier molecular flexibility index (Phi) is 5.81. The fourth-order valence-electron chi connectivity index (χ4n) is 7.23. The molecule has 0 fully saturated rings. The summed E-state index contributed by atoms with van der Waals surface area (Å²) in [5.41, 5.74) is 7.38. The molecule has 5 heteroatoms. The third kappa shape index (κ3) is 4.01. The average molecular weight is 614 g/mol. The summed E-state index contributed by atoms with van der Waals surface area (Å²) >= 11 is 0. The maximum absolute atomic E-state index is 5.18. The normalized spacial score (nSPS) is 11.8. The van der Waals surface area contributed by atoms with E-state index in [-0.39, 0.29) is 0 Å². The van der Waals surface area contributed by atoms with Gasteiger partial charge in [-0.2, -0.15) is 9.97 Å². The van der Waals surface area contributed by atoms with Gasteiger partial charge in [0.15, 0.2) is 11.6 Å². The van der Waals surface area contributed by atoms with Crippen molar-refractivity contribution in [3.8, 4) is 34.4 Å². The van der Waals surface area contributed by atoms with Crippen LogP contribution in [0, 0.1) is 0 Å². The van der Waals surface area contributed by atoms with Crippen molar-refractivity contribution >= 4 is 54.4 Å². The number of hydrogen-bond donors (Lipinski definition) is 0. The van der Waals surface area contributed by atoms with Crippen LogP contribution in [0.25, 0.3) is 88.8 Å². The first-order chi connectivity index (χ1) is 23.8. The molecule has 0 aliphatic rings. The van der Waals surface area contributed by atoms with Crippen LogP contribution in [0.5, 0.6) is 0 Å². The molecule has 224 valence electrons. The topological polar surface area (TPSA) is 48.5 Å². The molecule has 3 aromatic heterocycles. The third-order valence-electron chi connectivity index (χ3n) is 9.37. The predicted molar refractivity (Wildman–Crippen MR) is 197 cm³/mol. The van der Waals surface area contributed by atoms with Crippen molar-refractivity contribution in [1.82, 2.24) is 24.1 Å². The maximum atomic E-state index is 5.18. The fourth-order valence-corrected chi connectivity index (χ4v) is 7.23. The highest BCUT2D eigenvalue weighted by Gasteiger charge is 2.21. The van der Waals surface area contributed by atoms with Crippen molar-refractivity contribution in [3.63, 3.8) is 0 Å². The van der Waals surface area contributed by atoms with Gasteiger partial charge < -0.3 is 4.57 Å². The Balaban J connectivity index is 1.33. The number of rotatable bonds is 4. The van der Waals surface area contributed by atoms with Crippen LogP contribution in [0.15, 0.2) is 164 Å². The molecule has 10 aromatic rings. The average Bonchev–Trinajstić information content (AvgIpc) is 3.68. The largest absolute Gasteiger partial charge is 0.309 e. The molecule has 5 nitrogen and oxygen atoms in total. The lowest BCUT2D eigenvalue weighted by molar-refractivity contribution is 0.953. The summed E-state index contributed by atoms with van der Waals surface area (Å²) in [5, 5.41) is 7.19. The molecule has 0 bridgehead atoms. The molecule has 0 amide bonds. The van der Waals surface area contributed by atoms with E-state index in [0.29, 0.717) is 17.6 Å². The molecule has 0 radical (unpaired) electrons. The molecular formula is C43H27N5.